The maximum atomic E-state index is 11.5. The molecule has 0 spiro atoms. The quantitative estimate of drug-likeness (QED) is 0.252. The predicted octanol–water partition coefficient (Wildman–Crippen LogP) is 4.19. The fraction of sp³-hybridized carbons (Fsp3) is 0.100. The molecule has 5 aromatic rings. The van der Waals surface area contributed by atoms with Gasteiger partial charge in [0.2, 0.25) is 0 Å². The van der Waals surface area contributed by atoms with E-state index in [1.807, 2.05) is 25.1 Å². The number of halogens is 3. The van der Waals surface area contributed by atoms with Gasteiger partial charge in [0.25, 0.3) is 0 Å². The zero-order valence-electron chi connectivity index (χ0n) is 15.6. The Labute approximate surface area is 184 Å². The second kappa shape index (κ2) is 10.6. The van der Waals surface area contributed by atoms with Crippen molar-refractivity contribution in [3.63, 3.8) is 0 Å². The molecule has 0 atom stereocenters. The molecule has 0 saturated carbocycles. The van der Waals surface area contributed by atoms with Gasteiger partial charge in [-0.25, -0.2) is 0 Å². The average Bonchev–Trinajstić information content (AvgIpc) is 3.43. The van der Waals surface area contributed by atoms with Gasteiger partial charge in [-0.15, -0.1) is 0 Å². The summed E-state index contributed by atoms with van der Waals surface area (Å²) in [6, 6.07) is 14.8. The number of aromatic nitrogens is 6. The molecule has 5 rings (SSSR count). The van der Waals surface area contributed by atoms with Crippen LogP contribution in [-0.2, 0) is 27.2 Å². The van der Waals surface area contributed by atoms with Crippen molar-refractivity contribution in [2.75, 3.05) is 0 Å². The van der Waals surface area contributed by atoms with Crippen LogP contribution in [0.15, 0.2) is 73.3 Å². The first-order chi connectivity index (χ1) is 13.9. The van der Waals surface area contributed by atoms with Crippen LogP contribution >= 0.6 is 0 Å². The molecule has 0 fully saturated rings. The molecule has 0 aliphatic heterocycles. The van der Waals surface area contributed by atoms with Crippen LogP contribution in [0.2, 0.25) is 0 Å². The van der Waals surface area contributed by atoms with E-state index in [1.54, 1.807) is 18.6 Å². The van der Waals surface area contributed by atoms with Crippen LogP contribution in [0.5, 0.6) is 0 Å². The summed E-state index contributed by atoms with van der Waals surface area (Å²) in [6.45, 7) is 1.91. The van der Waals surface area contributed by atoms with E-state index in [4.69, 9.17) is 0 Å². The topological polar surface area (TPSA) is 79.8 Å². The largest absolute Gasteiger partial charge is 2.00 e. The summed E-state index contributed by atoms with van der Waals surface area (Å²) in [7, 11) is 0. The van der Waals surface area contributed by atoms with E-state index in [-0.39, 0.29) is 21.1 Å². The van der Waals surface area contributed by atoms with E-state index in [0.29, 0.717) is 0 Å². The first kappa shape index (κ1) is 23.2. The minimum atomic E-state index is -4.35. The molecule has 0 radical (unpaired) electrons. The van der Waals surface area contributed by atoms with Gasteiger partial charge in [-0.1, -0.05) is 36.4 Å². The van der Waals surface area contributed by atoms with Crippen molar-refractivity contribution >= 4 is 21.8 Å². The summed E-state index contributed by atoms with van der Waals surface area (Å²) >= 11 is 0. The molecule has 0 unspecified atom stereocenters. The fourth-order valence-corrected chi connectivity index (χ4v) is 2.36. The Kier molecular flexibility index (Phi) is 8.23. The molecule has 10 heteroatoms. The normalized spacial score (nSPS) is 10.4. The third-order valence-corrected chi connectivity index (χ3v) is 3.70. The van der Waals surface area contributed by atoms with Crippen molar-refractivity contribution < 1.29 is 34.2 Å². The van der Waals surface area contributed by atoms with Crippen LogP contribution in [0.1, 0.15) is 11.4 Å². The average molecular weight is 591 g/mol. The van der Waals surface area contributed by atoms with Crippen molar-refractivity contribution in [1.29, 1.82) is 0 Å². The van der Waals surface area contributed by atoms with E-state index < -0.39 is 11.9 Å². The number of nitrogens with zero attached hydrogens (tertiary/aromatic N) is 6. The van der Waals surface area contributed by atoms with E-state index in [0.717, 1.165) is 39.8 Å². The van der Waals surface area contributed by atoms with Crippen LogP contribution in [0.4, 0.5) is 13.2 Å². The van der Waals surface area contributed by atoms with Gasteiger partial charge in [-0.2, -0.15) is 25.6 Å². The first-order valence-electron chi connectivity index (χ1n) is 8.46. The monoisotopic (exact) mass is 591 g/mol. The Morgan fingerprint density at radius 2 is 1.27 bits per heavy atom. The van der Waals surface area contributed by atoms with Crippen LogP contribution in [-0.4, -0.2) is 20.2 Å². The Hall–Kier alpha value is -3.06. The number of pyridine rings is 2. The summed E-state index contributed by atoms with van der Waals surface area (Å²) in [5.41, 5.74) is 1.99. The zero-order valence-corrected chi connectivity index (χ0v) is 17.8. The number of hydrogen-bond donors (Lipinski definition) is 0. The fourth-order valence-electron chi connectivity index (χ4n) is 2.36. The molecule has 0 N–H and O–H groups in total. The minimum absolute atomic E-state index is 0. The van der Waals surface area contributed by atoms with Crippen molar-refractivity contribution in [3.8, 4) is 0 Å². The molecular weight excluding hydrogens is 576 g/mol. The van der Waals surface area contributed by atoms with Crippen molar-refractivity contribution in [1.82, 2.24) is 30.4 Å². The van der Waals surface area contributed by atoms with E-state index in [9.17, 15) is 13.2 Å². The molecule has 0 saturated heterocycles. The van der Waals surface area contributed by atoms with Gasteiger partial charge in [0.15, 0.2) is 0 Å². The number of aryl methyl sites for hydroxylation is 1. The second-order valence-electron chi connectivity index (χ2n) is 5.80. The standard InChI is InChI=1S/C12H8N2.C4H2F3N2.C4H5N2.Pt/c1-3-9-5-6-10-4-2-8-14-12(10)11(9)13-7-1;5-4(6,7)3-1-2-8-9-3;1-4-2-3-5-6-4;/h1-8H;1-2H;2-3H,1H3;/q;2*-1;+2. The van der Waals surface area contributed by atoms with Crippen molar-refractivity contribution in [2.45, 2.75) is 13.1 Å². The molecule has 30 heavy (non-hydrogen) atoms. The molecular formula is C20H15F3N6Pt. The van der Waals surface area contributed by atoms with Gasteiger partial charge in [-0.3, -0.25) is 9.97 Å². The molecule has 4 heterocycles. The van der Waals surface area contributed by atoms with Crippen LogP contribution in [0.25, 0.3) is 21.8 Å². The van der Waals surface area contributed by atoms with Gasteiger partial charge in [0.1, 0.15) is 5.69 Å². The minimum Gasteiger partial charge on any atom is -0.582 e. The second-order valence-corrected chi connectivity index (χ2v) is 5.80. The Bertz CT molecular complexity index is 1100. The van der Waals surface area contributed by atoms with Crippen molar-refractivity contribution in [2.24, 2.45) is 0 Å². The van der Waals surface area contributed by atoms with E-state index in [1.165, 1.54) is 0 Å². The molecule has 0 aliphatic carbocycles. The number of rotatable bonds is 0. The maximum absolute atomic E-state index is 11.5. The molecule has 0 amide bonds. The third kappa shape index (κ3) is 6.22. The Balaban J connectivity index is 0.000000173. The van der Waals surface area contributed by atoms with E-state index in [2.05, 4.69) is 54.6 Å². The molecule has 156 valence electrons. The maximum Gasteiger partial charge on any atom is 2.00 e. The van der Waals surface area contributed by atoms with Crippen LogP contribution in [0.3, 0.4) is 0 Å². The summed E-state index contributed by atoms with van der Waals surface area (Å²) in [5, 5.41) is 15.3. The Morgan fingerprint density at radius 1 is 0.733 bits per heavy atom. The molecule has 6 nitrogen and oxygen atoms in total. The van der Waals surface area contributed by atoms with Gasteiger partial charge in [0, 0.05) is 28.9 Å². The SMILES string of the molecule is Cc1cc[n-]n1.FC(F)(F)c1cc[n-]n1.[Pt+2].c1cnc2c(c1)ccc1cccnc12. The number of fused-ring (bicyclic) bond motifs is 3. The van der Waals surface area contributed by atoms with Crippen LogP contribution in [0, 0.1) is 6.92 Å². The van der Waals surface area contributed by atoms with Crippen LogP contribution < -0.4 is 10.2 Å². The summed E-state index contributed by atoms with van der Waals surface area (Å²) in [4.78, 5) is 8.69. The number of hydrogen-bond acceptors (Lipinski definition) is 4. The number of benzene rings is 1. The van der Waals surface area contributed by atoms with Gasteiger partial charge >= 0.3 is 27.2 Å². The third-order valence-electron chi connectivity index (χ3n) is 3.70. The van der Waals surface area contributed by atoms with Gasteiger partial charge in [-0.05, 0) is 19.1 Å². The predicted molar refractivity (Wildman–Crippen MR) is 102 cm³/mol. The Morgan fingerprint density at radius 3 is 1.60 bits per heavy atom. The molecule has 0 aliphatic rings. The summed E-state index contributed by atoms with van der Waals surface area (Å²) in [5.74, 6) is 0. The molecule has 1 aromatic carbocycles. The smallest absolute Gasteiger partial charge is 0.582 e. The number of alkyl halides is 3. The molecule has 4 aromatic heterocycles. The van der Waals surface area contributed by atoms with Gasteiger partial charge in [0.05, 0.1) is 11.0 Å². The zero-order chi connectivity index (χ0) is 20.7. The summed E-state index contributed by atoms with van der Waals surface area (Å²) in [6.07, 6.45) is 1.93. The van der Waals surface area contributed by atoms with Gasteiger partial charge < -0.3 is 20.4 Å². The van der Waals surface area contributed by atoms with Crippen molar-refractivity contribution in [3.05, 3.63) is 84.7 Å². The summed E-state index contributed by atoms with van der Waals surface area (Å²) < 4.78 is 34.6. The first-order valence-corrected chi connectivity index (χ1v) is 8.46. The van der Waals surface area contributed by atoms with E-state index >= 15 is 0 Å². The molecule has 0 bridgehead atoms.